The Hall–Kier alpha value is -2.79. The molecule has 148 valence electrons. The monoisotopic (exact) mass is 422 g/mol. The predicted molar refractivity (Wildman–Crippen MR) is 105 cm³/mol. The van der Waals surface area contributed by atoms with E-state index in [2.05, 4.69) is 20.5 Å². The van der Waals surface area contributed by atoms with Gasteiger partial charge in [-0.2, -0.15) is 0 Å². The Labute approximate surface area is 169 Å². The van der Waals surface area contributed by atoms with E-state index in [0.29, 0.717) is 44.8 Å². The molecule has 3 rings (SSSR count). The molecular weight excluding hydrogens is 404 g/mol. The van der Waals surface area contributed by atoms with Gasteiger partial charge in [0.2, 0.25) is 17.5 Å². The van der Waals surface area contributed by atoms with Crippen LogP contribution in [0, 0.1) is 0 Å². The highest BCUT2D eigenvalue weighted by atomic mass is 32.2. The van der Waals surface area contributed by atoms with E-state index in [1.54, 1.807) is 26.4 Å². The van der Waals surface area contributed by atoms with E-state index in [4.69, 9.17) is 18.6 Å². The molecule has 0 atom stereocenters. The Morgan fingerprint density at radius 3 is 2.50 bits per heavy atom. The molecule has 0 unspecified atom stereocenters. The number of methoxy groups -OCH3 is 3. The van der Waals surface area contributed by atoms with E-state index in [1.165, 1.54) is 37.1 Å². The molecule has 28 heavy (non-hydrogen) atoms. The molecule has 11 heteroatoms. The van der Waals surface area contributed by atoms with Crippen molar-refractivity contribution < 1.29 is 23.4 Å². The van der Waals surface area contributed by atoms with Crippen molar-refractivity contribution in [1.29, 1.82) is 0 Å². The van der Waals surface area contributed by atoms with Crippen molar-refractivity contribution >= 4 is 34.1 Å². The van der Waals surface area contributed by atoms with Gasteiger partial charge in [-0.25, -0.2) is 4.98 Å². The topological polar surface area (TPSA) is 109 Å². The first-order valence-electron chi connectivity index (χ1n) is 8.02. The maximum absolute atomic E-state index is 11.1. The standard InChI is InChI=1S/C17H18N4O5S2/c1-9(22)18-16-19-11(7-27-16)8-28-17-21-20-15(26-17)10-5-12(23-2)14(25-4)13(6-10)24-3/h5-7H,8H2,1-4H3,(H,18,19,22). The Balaban J connectivity index is 1.73. The Kier molecular flexibility index (Phi) is 6.37. The third-order valence-corrected chi connectivity index (χ3v) is 5.15. The first-order valence-corrected chi connectivity index (χ1v) is 9.89. The van der Waals surface area contributed by atoms with Gasteiger partial charge in [0.15, 0.2) is 16.6 Å². The highest BCUT2D eigenvalue weighted by Crippen LogP contribution is 2.41. The third-order valence-electron chi connectivity index (χ3n) is 3.50. The second-order valence-electron chi connectivity index (χ2n) is 5.40. The molecule has 0 fully saturated rings. The Morgan fingerprint density at radius 2 is 1.89 bits per heavy atom. The fraction of sp³-hybridized carbons (Fsp3) is 0.294. The molecule has 0 bridgehead atoms. The summed E-state index contributed by atoms with van der Waals surface area (Å²) in [6.07, 6.45) is 0. The normalized spacial score (nSPS) is 10.6. The number of carbonyl (C=O) groups is 1. The van der Waals surface area contributed by atoms with Crippen molar-refractivity contribution in [2.45, 2.75) is 17.9 Å². The smallest absolute Gasteiger partial charge is 0.277 e. The van der Waals surface area contributed by atoms with Crippen molar-refractivity contribution in [3.05, 3.63) is 23.2 Å². The summed E-state index contributed by atoms with van der Waals surface area (Å²) in [5, 5.41) is 13.6. The summed E-state index contributed by atoms with van der Waals surface area (Å²) in [5.41, 5.74) is 1.46. The number of ether oxygens (including phenoxy) is 3. The van der Waals surface area contributed by atoms with Gasteiger partial charge in [-0.05, 0) is 12.1 Å². The SMILES string of the molecule is COc1cc(-c2nnc(SCc3csc(NC(C)=O)n3)o2)cc(OC)c1OC. The third kappa shape index (κ3) is 4.54. The minimum atomic E-state index is -0.152. The van der Waals surface area contributed by atoms with Crippen LogP contribution >= 0.6 is 23.1 Å². The van der Waals surface area contributed by atoms with Crippen LogP contribution in [0.15, 0.2) is 27.2 Å². The fourth-order valence-electron chi connectivity index (χ4n) is 2.31. The number of thioether (sulfide) groups is 1. The first kappa shape index (κ1) is 20.0. The van der Waals surface area contributed by atoms with Crippen LogP contribution in [-0.4, -0.2) is 42.4 Å². The number of amides is 1. The predicted octanol–water partition coefficient (Wildman–Crippen LogP) is 3.47. The lowest BCUT2D eigenvalue weighted by Gasteiger charge is -2.12. The maximum atomic E-state index is 11.1. The van der Waals surface area contributed by atoms with Crippen molar-refractivity contribution in [2.75, 3.05) is 26.6 Å². The summed E-state index contributed by atoms with van der Waals surface area (Å²) in [6.45, 7) is 1.44. The number of carbonyl (C=O) groups excluding carboxylic acids is 1. The molecule has 2 heterocycles. The number of hydrogen-bond donors (Lipinski definition) is 1. The number of thiazole rings is 1. The average molecular weight is 422 g/mol. The van der Waals surface area contributed by atoms with Crippen LogP contribution in [0.5, 0.6) is 17.2 Å². The van der Waals surface area contributed by atoms with Gasteiger partial charge in [-0.15, -0.1) is 21.5 Å². The van der Waals surface area contributed by atoms with E-state index >= 15 is 0 Å². The number of nitrogens with zero attached hydrogens (tertiary/aromatic N) is 3. The summed E-state index contributed by atoms with van der Waals surface area (Å²) in [4.78, 5) is 15.4. The van der Waals surface area contributed by atoms with Gasteiger partial charge in [-0.1, -0.05) is 11.8 Å². The Morgan fingerprint density at radius 1 is 1.18 bits per heavy atom. The molecule has 2 aromatic heterocycles. The van der Waals surface area contributed by atoms with Crippen molar-refractivity contribution in [1.82, 2.24) is 15.2 Å². The van der Waals surface area contributed by atoms with Gasteiger partial charge in [0.05, 0.1) is 27.0 Å². The minimum absolute atomic E-state index is 0.152. The van der Waals surface area contributed by atoms with Crippen LogP contribution in [0.4, 0.5) is 5.13 Å². The van der Waals surface area contributed by atoms with Gasteiger partial charge < -0.3 is 23.9 Å². The molecule has 1 aromatic carbocycles. The highest BCUT2D eigenvalue weighted by molar-refractivity contribution is 7.98. The van der Waals surface area contributed by atoms with Crippen LogP contribution in [0.2, 0.25) is 0 Å². The molecule has 9 nitrogen and oxygen atoms in total. The molecule has 0 aliphatic heterocycles. The summed E-state index contributed by atoms with van der Waals surface area (Å²) >= 11 is 2.72. The summed E-state index contributed by atoms with van der Waals surface area (Å²) in [5.74, 6) is 2.20. The van der Waals surface area contributed by atoms with Crippen LogP contribution in [-0.2, 0) is 10.5 Å². The summed E-state index contributed by atoms with van der Waals surface area (Å²) in [6, 6.07) is 3.48. The largest absolute Gasteiger partial charge is 0.493 e. The van der Waals surface area contributed by atoms with Gasteiger partial charge >= 0.3 is 0 Å². The Bertz CT molecular complexity index is 947. The lowest BCUT2D eigenvalue weighted by molar-refractivity contribution is -0.114. The zero-order chi connectivity index (χ0) is 20.1. The van der Waals surface area contributed by atoms with E-state index in [1.807, 2.05) is 5.38 Å². The van der Waals surface area contributed by atoms with Gasteiger partial charge in [0.25, 0.3) is 5.22 Å². The lowest BCUT2D eigenvalue weighted by atomic mass is 10.2. The number of hydrogen-bond acceptors (Lipinski definition) is 10. The minimum Gasteiger partial charge on any atom is -0.493 e. The molecule has 0 spiro atoms. The van der Waals surface area contributed by atoms with Crippen molar-refractivity contribution in [3.8, 4) is 28.7 Å². The highest BCUT2D eigenvalue weighted by Gasteiger charge is 2.18. The summed E-state index contributed by atoms with van der Waals surface area (Å²) < 4.78 is 21.7. The number of benzene rings is 1. The van der Waals surface area contributed by atoms with Crippen molar-refractivity contribution in [3.63, 3.8) is 0 Å². The van der Waals surface area contributed by atoms with E-state index in [0.717, 1.165) is 5.69 Å². The number of anilines is 1. The zero-order valence-electron chi connectivity index (χ0n) is 15.6. The molecule has 1 N–H and O–H groups in total. The van der Waals surface area contributed by atoms with Crippen LogP contribution in [0.3, 0.4) is 0 Å². The van der Waals surface area contributed by atoms with E-state index < -0.39 is 0 Å². The number of aromatic nitrogens is 3. The molecule has 0 aliphatic rings. The van der Waals surface area contributed by atoms with Crippen LogP contribution in [0.25, 0.3) is 11.5 Å². The van der Waals surface area contributed by atoms with Gasteiger partial charge in [0.1, 0.15) is 0 Å². The van der Waals surface area contributed by atoms with Crippen molar-refractivity contribution in [2.24, 2.45) is 0 Å². The average Bonchev–Trinajstić information content (AvgIpc) is 3.34. The molecule has 3 aromatic rings. The van der Waals surface area contributed by atoms with Crippen LogP contribution < -0.4 is 19.5 Å². The molecule has 0 saturated carbocycles. The molecule has 1 amide bonds. The number of rotatable bonds is 8. The van der Waals surface area contributed by atoms with E-state index in [-0.39, 0.29) is 5.91 Å². The molecule has 0 aliphatic carbocycles. The molecule has 0 saturated heterocycles. The second-order valence-corrected chi connectivity index (χ2v) is 7.19. The van der Waals surface area contributed by atoms with Crippen LogP contribution in [0.1, 0.15) is 12.6 Å². The van der Waals surface area contributed by atoms with E-state index in [9.17, 15) is 4.79 Å². The maximum Gasteiger partial charge on any atom is 0.277 e. The summed E-state index contributed by atoms with van der Waals surface area (Å²) in [7, 11) is 4.62. The first-order chi connectivity index (χ1) is 13.5. The fourth-order valence-corrected chi connectivity index (χ4v) is 3.82. The second kappa shape index (κ2) is 8.93. The molecule has 0 radical (unpaired) electrons. The van der Waals surface area contributed by atoms with Gasteiger partial charge in [0, 0.05) is 23.6 Å². The quantitative estimate of drug-likeness (QED) is 0.546. The zero-order valence-corrected chi connectivity index (χ0v) is 17.3. The molecular formula is C17H18N4O5S2. The number of nitrogens with one attached hydrogen (secondary N) is 1. The van der Waals surface area contributed by atoms with Gasteiger partial charge in [-0.3, -0.25) is 4.79 Å². The lowest BCUT2D eigenvalue weighted by Crippen LogP contribution is -2.05.